The van der Waals surface area contributed by atoms with Gasteiger partial charge in [-0.25, -0.2) is 4.39 Å². The lowest BCUT2D eigenvalue weighted by Crippen LogP contribution is -2.06. The maximum Gasteiger partial charge on any atom is 0.123 e. The maximum absolute atomic E-state index is 12.7. The van der Waals surface area contributed by atoms with Gasteiger partial charge < -0.3 is 10.3 Å². The lowest BCUT2D eigenvalue weighted by atomic mass is 10.1. The number of hydrogen-bond donors (Lipinski definition) is 1. The van der Waals surface area contributed by atoms with Crippen molar-refractivity contribution in [2.45, 2.75) is 11.3 Å². The molecular weight excluding hydrogens is 193 g/mol. The first kappa shape index (κ1) is 10.3. The molecule has 5 heteroatoms. The largest absolute Gasteiger partial charge is 0.768 e. The minimum Gasteiger partial charge on any atom is -0.768 e. The fourth-order valence-corrected chi connectivity index (χ4v) is 1.62. The molecule has 0 bridgehead atoms. The van der Waals surface area contributed by atoms with Gasteiger partial charge in [0.1, 0.15) is 5.82 Å². The van der Waals surface area contributed by atoms with Gasteiger partial charge in [-0.3, -0.25) is 4.21 Å². The summed E-state index contributed by atoms with van der Waals surface area (Å²) < 4.78 is 34.0. The molecule has 0 fully saturated rings. The fourth-order valence-electron chi connectivity index (χ4n) is 1.06. The van der Waals surface area contributed by atoms with Gasteiger partial charge in [0.2, 0.25) is 0 Å². The Morgan fingerprint density at radius 1 is 1.54 bits per heavy atom. The molecule has 1 rings (SSSR count). The third-order valence-electron chi connectivity index (χ3n) is 1.62. The Bertz CT molecular complexity index is 330. The van der Waals surface area contributed by atoms with Crippen molar-refractivity contribution in [2.75, 3.05) is 6.54 Å². The summed E-state index contributed by atoms with van der Waals surface area (Å²) in [6.07, 6.45) is 0.362. The van der Waals surface area contributed by atoms with E-state index in [-0.39, 0.29) is 4.90 Å². The van der Waals surface area contributed by atoms with E-state index in [1.807, 2.05) is 0 Å². The first-order chi connectivity index (χ1) is 6.15. The van der Waals surface area contributed by atoms with Gasteiger partial charge in [0.25, 0.3) is 0 Å². The van der Waals surface area contributed by atoms with Crippen molar-refractivity contribution in [2.24, 2.45) is 5.73 Å². The van der Waals surface area contributed by atoms with Crippen LogP contribution >= 0.6 is 0 Å². The summed E-state index contributed by atoms with van der Waals surface area (Å²) in [5.74, 6) is -0.447. The Labute approximate surface area is 78.0 Å². The third kappa shape index (κ3) is 2.58. The van der Waals surface area contributed by atoms with E-state index in [9.17, 15) is 13.2 Å². The standard InChI is InChI=1S/C8H10FNO2S/c9-7-1-2-8(13(11)12)6(5-7)3-4-10/h1-2,5H,3-4,10H2,(H,11,12)/p-1. The summed E-state index contributed by atoms with van der Waals surface area (Å²) in [4.78, 5) is 0.117. The molecule has 0 saturated heterocycles. The van der Waals surface area contributed by atoms with Gasteiger partial charge in [0.15, 0.2) is 0 Å². The lowest BCUT2D eigenvalue weighted by molar-refractivity contribution is 0.535. The van der Waals surface area contributed by atoms with Crippen LogP contribution in [0.4, 0.5) is 4.39 Å². The summed E-state index contributed by atoms with van der Waals surface area (Å²) >= 11 is -2.32. The molecule has 1 atom stereocenters. The predicted octanol–water partition coefficient (Wildman–Crippen LogP) is 0.565. The summed E-state index contributed by atoms with van der Waals surface area (Å²) in [7, 11) is 0. The molecule has 0 aliphatic carbocycles. The molecule has 0 saturated carbocycles. The molecule has 13 heavy (non-hydrogen) atoms. The lowest BCUT2D eigenvalue weighted by Gasteiger charge is -2.10. The van der Waals surface area contributed by atoms with Crippen LogP contribution in [0, 0.1) is 5.82 Å². The third-order valence-corrected chi connectivity index (χ3v) is 2.37. The maximum atomic E-state index is 12.7. The molecule has 1 aromatic carbocycles. The molecule has 0 amide bonds. The summed E-state index contributed by atoms with van der Waals surface area (Å²) in [6, 6.07) is 3.55. The van der Waals surface area contributed by atoms with E-state index in [2.05, 4.69) is 0 Å². The average molecular weight is 202 g/mol. The highest BCUT2D eigenvalue weighted by molar-refractivity contribution is 7.79. The van der Waals surface area contributed by atoms with Gasteiger partial charge in [0, 0.05) is 4.90 Å². The highest BCUT2D eigenvalue weighted by Gasteiger charge is 2.03. The van der Waals surface area contributed by atoms with Crippen molar-refractivity contribution in [1.82, 2.24) is 0 Å². The predicted molar refractivity (Wildman–Crippen MR) is 46.3 cm³/mol. The molecule has 0 spiro atoms. The molecule has 1 unspecified atom stereocenters. The van der Waals surface area contributed by atoms with Gasteiger partial charge in [-0.15, -0.1) is 0 Å². The van der Waals surface area contributed by atoms with Crippen LogP contribution < -0.4 is 5.73 Å². The highest BCUT2D eigenvalue weighted by atomic mass is 32.2. The van der Waals surface area contributed by atoms with E-state index < -0.39 is 16.9 Å². The first-order valence-electron chi connectivity index (χ1n) is 3.73. The van der Waals surface area contributed by atoms with Crippen LogP contribution in [-0.4, -0.2) is 15.3 Å². The van der Waals surface area contributed by atoms with E-state index in [1.54, 1.807) is 0 Å². The first-order valence-corrected chi connectivity index (χ1v) is 4.80. The Morgan fingerprint density at radius 3 is 2.77 bits per heavy atom. The molecule has 3 nitrogen and oxygen atoms in total. The van der Waals surface area contributed by atoms with Crippen molar-refractivity contribution in [3.8, 4) is 0 Å². The highest BCUT2D eigenvalue weighted by Crippen LogP contribution is 2.14. The number of halogens is 1. The van der Waals surface area contributed by atoms with Crippen LogP contribution in [-0.2, 0) is 17.5 Å². The van der Waals surface area contributed by atoms with Crippen molar-refractivity contribution >= 4 is 11.1 Å². The van der Waals surface area contributed by atoms with Gasteiger partial charge >= 0.3 is 0 Å². The Balaban J connectivity index is 3.10. The fraction of sp³-hybridized carbons (Fsp3) is 0.250. The van der Waals surface area contributed by atoms with Crippen molar-refractivity contribution in [1.29, 1.82) is 0 Å². The number of benzene rings is 1. The van der Waals surface area contributed by atoms with Crippen LogP contribution in [0.1, 0.15) is 5.56 Å². The van der Waals surface area contributed by atoms with E-state index in [1.165, 1.54) is 12.1 Å². The Kier molecular flexibility index (Phi) is 3.53. The van der Waals surface area contributed by atoms with Crippen LogP contribution in [0.15, 0.2) is 23.1 Å². The van der Waals surface area contributed by atoms with Crippen LogP contribution in [0.5, 0.6) is 0 Å². The normalized spacial score (nSPS) is 12.8. The number of rotatable bonds is 3. The molecule has 2 N–H and O–H groups in total. The van der Waals surface area contributed by atoms with E-state index in [4.69, 9.17) is 5.73 Å². The van der Waals surface area contributed by atoms with Crippen LogP contribution in [0.3, 0.4) is 0 Å². The summed E-state index contributed by atoms with van der Waals surface area (Å²) in [5.41, 5.74) is 5.68. The van der Waals surface area contributed by atoms with Gasteiger partial charge in [0.05, 0.1) is 0 Å². The zero-order chi connectivity index (χ0) is 9.84. The van der Waals surface area contributed by atoms with E-state index >= 15 is 0 Å². The van der Waals surface area contributed by atoms with E-state index in [0.29, 0.717) is 18.5 Å². The molecule has 1 aromatic rings. The number of hydrogen-bond acceptors (Lipinski definition) is 3. The topological polar surface area (TPSA) is 66.2 Å². The second kappa shape index (κ2) is 4.45. The summed E-state index contributed by atoms with van der Waals surface area (Å²) in [6.45, 7) is 0.299. The number of nitrogens with two attached hydrogens (primary N) is 1. The zero-order valence-electron chi connectivity index (χ0n) is 6.83. The second-order valence-electron chi connectivity index (χ2n) is 2.53. The molecule has 0 aliphatic rings. The van der Waals surface area contributed by atoms with Crippen LogP contribution in [0.25, 0.3) is 0 Å². The Hall–Kier alpha value is -0.780. The van der Waals surface area contributed by atoms with Gasteiger partial charge in [-0.2, -0.15) is 0 Å². The Morgan fingerprint density at radius 2 is 2.23 bits per heavy atom. The molecular formula is C8H9FNO2S-. The van der Waals surface area contributed by atoms with Gasteiger partial charge in [-0.05, 0) is 47.8 Å². The molecule has 0 aliphatic heterocycles. The summed E-state index contributed by atoms with van der Waals surface area (Å²) in [5, 5.41) is 0. The van der Waals surface area contributed by atoms with E-state index in [0.717, 1.165) is 6.07 Å². The average Bonchev–Trinajstić information content (AvgIpc) is 2.04. The SMILES string of the molecule is NCCc1cc(F)ccc1S(=O)[O-]. The quantitative estimate of drug-likeness (QED) is 0.728. The van der Waals surface area contributed by atoms with Crippen molar-refractivity contribution in [3.05, 3.63) is 29.6 Å². The second-order valence-corrected chi connectivity index (χ2v) is 3.43. The monoisotopic (exact) mass is 202 g/mol. The zero-order valence-corrected chi connectivity index (χ0v) is 7.64. The molecule has 0 aromatic heterocycles. The van der Waals surface area contributed by atoms with Crippen LogP contribution in [0.2, 0.25) is 0 Å². The van der Waals surface area contributed by atoms with Crippen molar-refractivity contribution in [3.63, 3.8) is 0 Å². The van der Waals surface area contributed by atoms with Gasteiger partial charge in [-0.1, -0.05) is 0 Å². The smallest absolute Gasteiger partial charge is 0.123 e. The molecule has 0 radical (unpaired) electrons. The van der Waals surface area contributed by atoms with Crippen molar-refractivity contribution < 1.29 is 13.2 Å². The minimum atomic E-state index is -2.32. The molecule has 72 valence electrons. The molecule has 0 heterocycles. The minimum absolute atomic E-state index is 0.117.